The Labute approximate surface area is 164 Å². The van der Waals surface area contributed by atoms with Gasteiger partial charge in [-0.2, -0.15) is 0 Å². The van der Waals surface area contributed by atoms with Crippen LogP contribution >= 0.6 is 0 Å². The van der Waals surface area contributed by atoms with Gasteiger partial charge in [0.15, 0.2) is 6.10 Å². The standard InChI is InChI=1S/C24H23NO3/c1-4-20(27-22-13-15(2)9-10-16(22)3)24(26)25-17-11-12-19-18-7-5-6-8-21(18)28-23(19)14-17/h5-14,20H,4H2,1-3H3,(H,25,26). The van der Waals surface area contributed by atoms with Gasteiger partial charge in [0.1, 0.15) is 16.9 Å². The van der Waals surface area contributed by atoms with Crippen LogP contribution in [0.25, 0.3) is 21.9 Å². The van der Waals surface area contributed by atoms with Gasteiger partial charge in [-0.15, -0.1) is 0 Å². The summed E-state index contributed by atoms with van der Waals surface area (Å²) in [6, 6.07) is 19.6. The molecule has 4 aromatic rings. The molecule has 0 aliphatic heterocycles. The van der Waals surface area contributed by atoms with Crippen LogP contribution in [0, 0.1) is 13.8 Å². The van der Waals surface area contributed by atoms with Crippen molar-refractivity contribution < 1.29 is 13.9 Å². The lowest BCUT2D eigenvalue weighted by Crippen LogP contribution is -2.32. The number of carbonyl (C=O) groups is 1. The number of amides is 1. The third-order valence-corrected chi connectivity index (χ3v) is 4.92. The van der Waals surface area contributed by atoms with Crippen LogP contribution in [-0.2, 0) is 4.79 Å². The molecule has 0 bridgehead atoms. The molecule has 1 aromatic heterocycles. The number of rotatable bonds is 5. The van der Waals surface area contributed by atoms with Crippen LogP contribution in [0.2, 0.25) is 0 Å². The van der Waals surface area contributed by atoms with E-state index >= 15 is 0 Å². The molecule has 0 fully saturated rings. The van der Waals surface area contributed by atoms with Crippen LogP contribution in [0.5, 0.6) is 5.75 Å². The Morgan fingerprint density at radius 3 is 2.61 bits per heavy atom. The van der Waals surface area contributed by atoms with Crippen molar-refractivity contribution in [2.75, 3.05) is 5.32 Å². The molecular formula is C24H23NO3. The van der Waals surface area contributed by atoms with Gasteiger partial charge in [0, 0.05) is 22.5 Å². The van der Waals surface area contributed by atoms with Gasteiger partial charge in [0.2, 0.25) is 0 Å². The molecule has 4 nitrogen and oxygen atoms in total. The van der Waals surface area contributed by atoms with Crippen LogP contribution in [0.3, 0.4) is 0 Å². The van der Waals surface area contributed by atoms with E-state index in [1.54, 1.807) is 0 Å². The zero-order chi connectivity index (χ0) is 19.7. The number of nitrogens with one attached hydrogen (secondary N) is 1. The summed E-state index contributed by atoms with van der Waals surface area (Å²) in [5.74, 6) is 0.577. The minimum absolute atomic E-state index is 0.168. The average Bonchev–Trinajstić information content (AvgIpc) is 3.06. The quantitative estimate of drug-likeness (QED) is 0.467. The second-order valence-corrected chi connectivity index (χ2v) is 7.08. The monoisotopic (exact) mass is 373 g/mol. The highest BCUT2D eigenvalue weighted by Gasteiger charge is 2.20. The minimum Gasteiger partial charge on any atom is -0.480 e. The van der Waals surface area contributed by atoms with Crippen LogP contribution in [0.4, 0.5) is 5.69 Å². The molecule has 0 aliphatic carbocycles. The second-order valence-electron chi connectivity index (χ2n) is 7.08. The Kier molecular flexibility index (Phi) is 4.78. The van der Waals surface area contributed by atoms with Gasteiger partial charge in [0.25, 0.3) is 5.91 Å². The van der Waals surface area contributed by atoms with E-state index in [2.05, 4.69) is 5.32 Å². The van der Waals surface area contributed by atoms with Crippen molar-refractivity contribution in [1.82, 2.24) is 0 Å². The fourth-order valence-corrected chi connectivity index (χ4v) is 3.34. The molecule has 1 heterocycles. The van der Waals surface area contributed by atoms with Crippen molar-refractivity contribution in [2.45, 2.75) is 33.3 Å². The number of aryl methyl sites for hydroxylation is 2. The first-order chi connectivity index (χ1) is 13.5. The van der Waals surface area contributed by atoms with Crippen LogP contribution < -0.4 is 10.1 Å². The summed E-state index contributed by atoms with van der Waals surface area (Å²) in [6.45, 7) is 5.93. The molecule has 1 N–H and O–H groups in total. The summed E-state index contributed by atoms with van der Waals surface area (Å²) in [5, 5.41) is 5.06. The Morgan fingerprint density at radius 1 is 1.00 bits per heavy atom. The third-order valence-electron chi connectivity index (χ3n) is 4.92. The van der Waals surface area contributed by atoms with Crippen molar-refractivity contribution in [3.63, 3.8) is 0 Å². The molecule has 1 atom stereocenters. The van der Waals surface area contributed by atoms with Gasteiger partial charge < -0.3 is 14.5 Å². The van der Waals surface area contributed by atoms with Crippen molar-refractivity contribution in [1.29, 1.82) is 0 Å². The highest BCUT2D eigenvalue weighted by Crippen LogP contribution is 2.30. The van der Waals surface area contributed by atoms with E-state index in [1.165, 1.54) is 0 Å². The zero-order valence-electron chi connectivity index (χ0n) is 16.3. The number of anilines is 1. The van der Waals surface area contributed by atoms with E-state index in [0.29, 0.717) is 12.1 Å². The lowest BCUT2D eigenvalue weighted by molar-refractivity contribution is -0.122. The van der Waals surface area contributed by atoms with Crippen molar-refractivity contribution in [3.05, 3.63) is 71.8 Å². The molecule has 0 saturated heterocycles. The molecule has 0 radical (unpaired) electrons. The average molecular weight is 373 g/mol. The first-order valence-electron chi connectivity index (χ1n) is 9.51. The van der Waals surface area contributed by atoms with E-state index in [1.807, 2.05) is 81.4 Å². The Morgan fingerprint density at radius 2 is 1.79 bits per heavy atom. The number of hydrogen-bond donors (Lipinski definition) is 1. The van der Waals surface area contributed by atoms with Gasteiger partial charge >= 0.3 is 0 Å². The van der Waals surface area contributed by atoms with Crippen molar-refractivity contribution in [2.24, 2.45) is 0 Å². The minimum atomic E-state index is -0.563. The smallest absolute Gasteiger partial charge is 0.265 e. The Hall–Kier alpha value is -3.27. The molecule has 3 aromatic carbocycles. The first kappa shape index (κ1) is 18.1. The number of carbonyl (C=O) groups excluding carboxylic acids is 1. The number of para-hydroxylation sites is 1. The summed E-state index contributed by atoms with van der Waals surface area (Å²) >= 11 is 0. The normalized spacial score (nSPS) is 12.2. The summed E-state index contributed by atoms with van der Waals surface area (Å²) in [7, 11) is 0. The van der Waals surface area contributed by atoms with E-state index in [9.17, 15) is 4.79 Å². The van der Waals surface area contributed by atoms with Crippen molar-refractivity contribution in [3.8, 4) is 5.75 Å². The van der Waals surface area contributed by atoms with Gasteiger partial charge in [-0.05, 0) is 55.7 Å². The summed E-state index contributed by atoms with van der Waals surface area (Å²) in [5.41, 5.74) is 4.40. The molecule has 0 spiro atoms. The molecule has 1 unspecified atom stereocenters. The highest BCUT2D eigenvalue weighted by atomic mass is 16.5. The molecule has 142 valence electrons. The zero-order valence-corrected chi connectivity index (χ0v) is 16.3. The largest absolute Gasteiger partial charge is 0.480 e. The molecule has 4 heteroatoms. The van der Waals surface area contributed by atoms with Crippen LogP contribution in [0.15, 0.2) is 65.1 Å². The summed E-state index contributed by atoms with van der Waals surface area (Å²) < 4.78 is 11.9. The molecule has 4 rings (SSSR count). The number of ether oxygens (including phenoxy) is 1. The van der Waals surface area contributed by atoms with Crippen LogP contribution in [0.1, 0.15) is 24.5 Å². The maximum absolute atomic E-state index is 12.8. The predicted molar refractivity (Wildman–Crippen MR) is 113 cm³/mol. The lowest BCUT2D eigenvalue weighted by Gasteiger charge is -2.19. The molecule has 0 aliphatic rings. The van der Waals surface area contributed by atoms with Gasteiger partial charge in [-0.3, -0.25) is 4.79 Å². The number of hydrogen-bond acceptors (Lipinski definition) is 3. The summed E-state index contributed by atoms with van der Waals surface area (Å²) in [4.78, 5) is 12.8. The molecule has 1 amide bonds. The summed E-state index contributed by atoms with van der Waals surface area (Å²) in [6.07, 6.45) is 0.0124. The topological polar surface area (TPSA) is 51.5 Å². The maximum Gasteiger partial charge on any atom is 0.265 e. The van der Waals surface area contributed by atoms with E-state index < -0.39 is 6.10 Å². The van der Waals surface area contributed by atoms with Crippen molar-refractivity contribution >= 4 is 33.5 Å². The van der Waals surface area contributed by atoms with E-state index in [4.69, 9.17) is 9.15 Å². The molecule has 28 heavy (non-hydrogen) atoms. The van der Waals surface area contributed by atoms with Crippen LogP contribution in [-0.4, -0.2) is 12.0 Å². The predicted octanol–water partition coefficient (Wildman–Crippen LogP) is 6.00. The lowest BCUT2D eigenvalue weighted by atomic mass is 10.1. The fraction of sp³-hybridized carbons (Fsp3) is 0.208. The SMILES string of the molecule is CCC(Oc1cc(C)ccc1C)C(=O)Nc1ccc2c(c1)oc1ccccc12. The fourth-order valence-electron chi connectivity index (χ4n) is 3.34. The Bertz CT molecular complexity index is 1160. The van der Waals surface area contributed by atoms with Gasteiger partial charge in [0.05, 0.1) is 0 Å². The third kappa shape index (κ3) is 3.46. The van der Waals surface area contributed by atoms with Gasteiger partial charge in [-0.25, -0.2) is 0 Å². The highest BCUT2D eigenvalue weighted by molar-refractivity contribution is 6.06. The number of furan rings is 1. The number of benzene rings is 3. The van der Waals surface area contributed by atoms with E-state index in [-0.39, 0.29) is 5.91 Å². The maximum atomic E-state index is 12.8. The number of fused-ring (bicyclic) bond motifs is 3. The van der Waals surface area contributed by atoms with Gasteiger partial charge in [-0.1, -0.05) is 37.3 Å². The van der Waals surface area contributed by atoms with E-state index in [0.717, 1.165) is 38.8 Å². The molecule has 0 saturated carbocycles. The Balaban J connectivity index is 1.55. The first-order valence-corrected chi connectivity index (χ1v) is 9.51. The second kappa shape index (κ2) is 7.39. The molecular weight excluding hydrogens is 350 g/mol.